The highest BCUT2D eigenvalue weighted by Crippen LogP contribution is 2.21. The molecule has 7 nitrogen and oxygen atoms in total. The van der Waals surface area contributed by atoms with E-state index in [1.807, 2.05) is 6.92 Å². The number of aromatic nitrogens is 4. The second kappa shape index (κ2) is 8.35. The summed E-state index contributed by atoms with van der Waals surface area (Å²) < 4.78 is 14.9. The second-order valence-electron chi connectivity index (χ2n) is 7.02. The molecule has 0 radical (unpaired) electrons. The summed E-state index contributed by atoms with van der Waals surface area (Å²) in [6, 6.07) is 14.4. The minimum Gasteiger partial charge on any atom is -0.322 e. The molecule has 0 atom stereocenters. The van der Waals surface area contributed by atoms with Crippen LogP contribution in [-0.2, 0) is 6.42 Å². The van der Waals surface area contributed by atoms with E-state index in [0.29, 0.717) is 46.1 Å². The van der Waals surface area contributed by atoms with Crippen molar-refractivity contribution in [2.75, 3.05) is 5.32 Å². The molecule has 2 heterocycles. The third kappa shape index (κ3) is 4.28. The molecule has 0 saturated heterocycles. The van der Waals surface area contributed by atoms with Gasteiger partial charge in [0.05, 0.1) is 23.1 Å². The van der Waals surface area contributed by atoms with Gasteiger partial charge in [0.2, 0.25) is 0 Å². The Morgan fingerprint density at radius 2 is 1.94 bits per heavy atom. The molecular weight excluding hydrogens is 397 g/mol. The molecule has 8 heteroatoms. The van der Waals surface area contributed by atoms with Crippen molar-refractivity contribution >= 4 is 11.6 Å². The van der Waals surface area contributed by atoms with E-state index >= 15 is 0 Å². The lowest BCUT2D eigenvalue weighted by Gasteiger charge is -2.10. The van der Waals surface area contributed by atoms with Gasteiger partial charge in [-0.1, -0.05) is 19.1 Å². The molecule has 4 aromatic rings. The summed E-state index contributed by atoms with van der Waals surface area (Å²) in [6.45, 7) is 3.67. The number of nitrogens with one attached hydrogen (secondary N) is 2. The zero-order chi connectivity index (χ0) is 22.0. The van der Waals surface area contributed by atoms with Crippen molar-refractivity contribution in [1.82, 2.24) is 19.7 Å². The SMILES string of the molecule is CCc1c(C(=O)Nc2cccc(-c3nc(C)cc(=O)[nH]3)c2)cnn1-c1ccc(F)cc1. The molecule has 156 valence electrons. The Morgan fingerprint density at radius 1 is 1.16 bits per heavy atom. The number of amides is 1. The van der Waals surface area contributed by atoms with Crippen LogP contribution in [0, 0.1) is 12.7 Å². The van der Waals surface area contributed by atoms with Gasteiger partial charge in [0.15, 0.2) is 0 Å². The molecular formula is C23H20FN5O2. The number of benzene rings is 2. The fourth-order valence-electron chi connectivity index (χ4n) is 3.37. The lowest BCUT2D eigenvalue weighted by Crippen LogP contribution is -2.14. The third-order valence-electron chi connectivity index (χ3n) is 4.78. The Bertz CT molecular complexity index is 1310. The van der Waals surface area contributed by atoms with Crippen LogP contribution in [0.15, 0.2) is 65.6 Å². The van der Waals surface area contributed by atoms with Crippen LogP contribution in [-0.4, -0.2) is 25.7 Å². The second-order valence-corrected chi connectivity index (χ2v) is 7.02. The normalized spacial score (nSPS) is 10.8. The first kappa shape index (κ1) is 20.2. The van der Waals surface area contributed by atoms with Gasteiger partial charge in [-0.15, -0.1) is 0 Å². The molecule has 2 aromatic carbocycles. The van der Waals surface area contributed by atoms with Crippen LogP contribution in [0.4, 0.5) is 10.1 Å². The van der Waals surface area contributed by atoms with E-state index in [2.05, 4.69) is 20.4 Å². The number of aromatic amines is 1. The summed E-state index contributed by atoms with van der Waals surface area (Å²) in [7, 11) is 0. The summed E-state index contributed by atoms with van der Waals surface area (Å²) >= 11 is 0. The van der Waals surface area contributed by atoms with Gasteiger partial charge in [0.25, 0.3) is 11.5 Å². The topological polar surface area (TPSA) is 92.7 Å². The number of anilines is 1. The number of carbonyl (C=O) groups is 1. The molecule has 1 amide bonds. The number of rotatable bonds is 5. The number of H-pyrrole nitrogens is 1. The Kier molecular flexibility index (Phi) is 5.44. The molecule has 0 bridgehead atoms. The maximum atomic E-state index is 13.2. The Morgan fingerprint density at radius 3 is 2.65 bits per heavy atom. The maximum absolute atomic E-state index is 13.2. The first-order valence-corrected chi connectivity index (χ1v) is 9.77. The van der Waals surface area contributed by atoms with Gasteiger partial charge >= 0.3 is 0 Å². The van der Waals surface area contributed by atoms with Crippen LogP contribution in [0.5, 0.6) is 0 Å². The molecule has 4 rings (SSSR count). The van der Waals surface area contributed by atoms with Crippen molar-refractivity contribution in [1.29, 1.82) is 0 Å². The van der Waals surface area contributed by atoms with Gasteiger partial charge in [-0.3, -0.25) is 9.59 Å². The maximum Gasteiger partial charge on any atom is 0.259 e. The van der Waals surface area contributed by atoms with E-state index in [4.69, 9.17) is 0 Å². The average molecular weight is 417 g/mol. The standard InChI is InChI=1S/C23H20FN5O2/c1-3-20-19(13-25-29(20)18-9-7-16(24)8-10-18)23(31)27-17-6-4-5-15(12-17)22-26-14(2)11-21(30)28-22/h4-13H,3H2,1-2H3,(H,27,31)(H,26,28,30). The summed E-state index contributed by atoms with van der Waals surface area (Å²) in [5, 5.41) is 7.19. The fraction of sp³-hybridized carbons (Fsp3) is 0.130. The Balaban J connectivity index is 1.62. The van der Waals surface area contributed by atoms with Gasteiger partial charge in [-0.2, -0.15) is 5.10 Å². The third-order valence-corrected chi connectivity index (χ3v) is 4.78. The summed E-state index contributed by atoms with van der Waals surface area (Å²) in [5.74, 6) is -0.219. The Hall–Kier alpha value is -4.07. The molecule has 0 aliphatic rings. The van der Waals surface area contributed by atoms with Crippen LogP contribution in [0.25, 0.3) is 17.1 Å². The molecule has 0 fully saturated rings. The van der Waals surface area contributed by atoms with Gasteiger partial charge in [-0.05, 0) is 49.7 Å². The Labute approximate surface area is 177 Å². The van der Waals surface area contributed by atoms with Crippen LogP contribution >= 0.6 is 0 Å². The van der Waals surface area contributed by atoms with E-state index in [1.165, 1.54) is 24.4 Å². The number of hydrogen-bond acceptors (Lipinski definition) is 4. The number of carbonyl (C=O) groups excluding carboxylic acids is 1. The number of aryl methyl sites for hydroxylation is 1. The van der Waals surface area contributed by atoms with Crippen LogP contribution in [0.1, 0.15) is 28.7 Å². The summed E-state index contributed by atoms with van der Waals surface area (Å²) in [4.78, 5) is 31.7. The number of hydrogen-bond donors (Lipinski definition) is 2. The van der Waals surface area contributed by atoms with E-state index in [1.54, 1.807) is 48.0 Å². The van der Waals surface area contributed by atoms with Crippen LogP contribution in [0.3, 0.4) is 0 Å². The van der Waals surface area contributed by atoms with Crippen LogP contribution < -0.4 is 10.9 Å². The van der Waals surface area contributed by atoms with Gasteiger partial charge < -0.3 is 10.3 Å². The van der Waals surface area contributed by atoms with Crippen molar-refractivity contribution in [2.45, 2.75) is 20.3 Å². The lowest BCUT2D eigenvalue weighted by atomic mass is 10.1. The molecule has 0 unspecified atom stereocenters. The van der Waals surface area contributed by atoms with Crippen molar-refractivity contribution in [3.63, 3.8) is 0 Å². The highest BCUT2D eigenvalue weighted by atomic mass is 19.1. The van der Waals surface area contributed by atoms with Crippen molar-refractivity contribution in [3.05, 3.63) is 93.9 Å². The lowest BCUT2D eigenvalue weighted by molar-refractivity contribution is 0.102. The number of halogens is 1. The van der Waals surface area contributed by atoms with Gasteiger partial charge in [-0.25, -0.2) is 14.1 Å². The van der Waals surface area contributed by atoms with E-state index in [9.17, 15) is 14.0 Å². The molecule has 2 aromatic heterocycles. The van der Waals surface area contributed by atoms with Gasteiger partial charge in [0, 0.05) is 23.0 Å². The predicted molar refractivity (Wildman–Crippen MR) is 116 cm³/mol. The quantitative estimate of drug-likeness (QED) is 0.515. The average Bonchev–Trinajstić information content (AvgIpc) is 3.18. The fourth-order valence-corrected chi connectivity index (χ4v) is 3.37. The zero-order valence-corrected chi connectivity index (χ0v) is 17.0. The predicted octanol–water partition coefficient (Wildman–Crippen LogP) is 3.88. The van der Waals surface area contributed by atoms with Crippen molar-refractivity contribution in [2.24, 2.45) is 0 Å². The minimum atomic E-state index is -0.337. The van der Waals surface area contributed by atoms with Gasteiger partial charge in [0.1, 0.15) is 11.6 Å². The molecule has 0 spiro atoms. The van der Waals surface area contributed by atoms with Crippen molar-refractivity contribution in [3.8, 4) is 17.1 Å². The molecule has 31 heavy (non-hydrogen) atoms. The first-order valence-electron chi connectivity index (χ1n) is 9.77. The van der Waals surface area contributed by atoms with Crippen LogP contribution in [0.2, 0.25) is 0 Å². The first-order chi connectivity index (χ1) is 14.9. The zero-order valence-electron chi connectivity index (χ0n) is 17.0. The summed E-state index contributed by atoms with van der Waals surface area (Å²) in [5.41, 5.74) is 3.42. The summed E-state index contributed by atoms with van der Waals surface area (Å²) in [6.07, 6.45) is 2.07. The molecule has 0 aliphatic carbocycles. The molecule has 2 N–H and O–H groups in total. The largest absolute Gasteiger partial charge is 0.322 e. The highest BCUT2D eigenvalue weighted by molar-refractivity contribution is 6.05. The van der Waals surface area contributed by atoms with E-state index < -0.39 is 0 Å². The van der Waals surface area contributed by atoms with E-state index in [0.717, 1.165) is 0 Å². The monoisotopic (exact) mass is 417 g/mol. The van der Waals surface area contributed by atoms with Crippen molar-refractivity contribution < 1.29 is 9.18 Å². The smallest absolute Gasteiger partial charge is 0.259 e. The highest BCUT2D eigenvalue weighted by Gasteiger charge is 2.18. The van der Waals surface area contributed by atoms with E-state index in [-0.39, 0.29) is 17.3 Å². The number of nitrogens with zero attached hydrogens (tertiary/aromatic N) is 3. The molecule has 0 saturated carbocycles. The molecule has 0 aliphatic heterocycles. The minimum absolute atomic E-state index is 0.238.